The zero-order chi connectivity index (χ0) is 21.0. The second-order valence-corrected chi connectivity index (χ2v) is 10.4. The Balaban J connectivity index is 1.23. The van der Waals surface area contributed by atoms with Crippen LogP contribution in [0.25, 0.3) is 0 Å². The zero-order valence-corrected chi connectivity index (χ0v) is 17.8. The molecule has 4 heteroatoms. The first-order valence-electron chi connectivity index (χ1n) is 11.7. The van der Waals surface area contributed by atoms with Crippen LogP contribution >= 0.6 is 0 Å². The van der Waals surface area contributed by atoms with Gasteiger partial charge < -0.3 is 4.74 Å². The Bertz CT molecular complexity index is 944. The minimum absolute atomic E-state index is 0.215. The quantitative estimate of drug-likeness (QED) is 0.605. The van der Waals surface area contributed by atoms with E-state index in [0.717, 1.165) is 29.9 Å². The summed E-state index contributed by atoms with van der Waals surface area (Å²) in [6, 6.07) is 16.6. The highest BCUT2D eigenvalue weighted by molar-refractivity contribution is 6.21. The van der Waals surface area contributed by atoms with Crippen LogP contribution in [-0.2, 0) is 4.74 Å². The van der Waals surface area contributed by atoms with Crippen molar-refractivity contribution in [2.24, 2.45) is 23.2 Å². The number of hydrogen-bond acceptors (Lipinski definition) is 3. The molecule has 4 nitrogen and oxygen atoms in total. The van der Waals surface area contributed by atoms with Crippen molar-refractivity contribution in [3.8, 4) is 0 Å². The predicted octanol–water partition coefficient (Wildman–Crippen LogP) is 5.26. The van der Waals surface area contributed by atoms with Crippen molar-refractivity contribution in [1.29, 1.82) is 0 Å². The van der Waals surface area contributed by atoms with Gasteiger partial charge in [-0.05, 0) is 79.4 Å². The van der Waals surface area contributed by atoms with E-state index in [4.69, 9.17) is 4.74 Å². The Hall–Kier alpha value is -2.46. The monoisotopic (exact) mass is 415 g/mol. The molecule has 5 aliphatic rings. The van der Waals surface area contributed by atoms with Crippen molar-refractivity contribution in [2.75, 3.05) is 13.2 Å². The summed E-state index contributed by atoms with van der Waals surface area (Å²) in [5.41, 5.74) is 2.25. The second-order valence-electron chi connectivity index (χ2n) is 10.4. The van der Waals surface area contributed by atoms with E-state index in [1.54, 1.807) is 12.1 Å². The van der Waals surface area contributed by atoms with Crippen LogP contribution in [0.15, 0.2) is 54.6 Å². The van der Waals surface area contributed by atoms with E-state index in [1.165, 1.54) is 43.4 Å². The smallest absolute Gasteiger partial charge is 0.262 e. The zero-order valence-electron chi connectivity index (χ0n) is 17.8. The first-order chi connectivity index (χ1) is 15.1. The summed E-state index contributed by atoms with van der Waals surface area (Å²) in [7, 11) is 0. The van der Waals surface area contributed by atoms with Crippen molar-refractivity contribution in [3.05, 3.63) is 71.3 Å². The molecule has 1 atom stereocenters. The van der Waals surface area contributed by atoms with Gasteiger partial charge in [0.25, 0.3) is 11.8 Å². The Morgan fingerprint density at radius 3 is 1.87 bits per heavy atom. The molecule has 0 unspecified atom stereocenters. The molecule has 4 aliphatic carbocycles. The van der Waals surface area contributed by atoms with E-state index in [-0.39, 0.29) is 11.8 Å². The molecule has 7 rings (SSSR count). The lowest BCUT2D eigenvalue weighted by molar-refractivity contribution is -0.100. The first-order valence-corrected chi connectivity index (χ1v) is 11.7. The van der Waals surface area contributed by atoms with Gasteiger partial charge in [0.1, 0.15) is 0 Å². The number of benzene rings is 2. The van der Waals surface area contributed by atoms with Crippen molar-refractivity contribution < 1.29 is 14.3 Å². The van der Waals surface area contributed by atoms with Crippen LogP contribution in [0, 0.1) is 23.2 Å². The molecule has 160 valence electrons. The molecule has 2 amide bonds. The minimum Gasteiger partial charge on any atom is -0.378 e. The summed E-state index contributed by atoms with van der Waals surface area (Å²) in [4.78, 5) is 27.7. The average molecular weight is 416 g/mol. The number of amides is 2. The molecule has 0 radical (unpaired) electrons. The Morgan fingerprint density at radius 2 is 1.32 bits per heavy atom. The number of carbonyl (C=O) groups excluding carboxylic acids is 2. The van der Waals surface area contributed by atoms with E-state index in [1.807, 2.05) is 42.5 Å². The molecule has 0 saturated heterocycles. The Labute approximate surface area is 183 Å². The lowest BCUT2D eigenvalue weighted by atomic mass is 9.50. The van der Waals surface area contributed by atoms with Crippen LogP contribution in [0.1, 0.15) is 70.8 Å². The number of carbonyl (C=O) groups is 2. The lowest BCUT2D eigenvalue weighted by Gasteiger charge is -2.56. The molecule has 2 aromatic rings. The second kappa shape index (κ2) is 7.30. The van der Waals surface area contributed by atoms with E-state index in [0.29, 0.717) is 23.1 Å². The van der Waals surface area contributed by atoms with Crippen molar-refractivity contribution >= 4 is 11.8 Å². The summed E-state index contributed by atoms with van der Waals surface area (Å²) in [6.45, 7) is 1.11. The number of ether oxygens (including phenoxy) is 1. The number of hydrogen-bond donors (Lipinski definition) is 0. The van der Waals surface area contributed by atoms with Crippen LogP contribution < -0.4 is 0 Å². The van der Waals surface area contributed by atoms with Gasteiger partial charge in [0.2, 0.25) is 0 Å². The van der Waals surface area contributed by atoms with Crippen molar-refractivity contribution in [2.45, 2.75) is 44.6 Å². The summed E-state index contributed by atoms with van der Waals surface area (Å²) in [5, 5.41) is 0. The molecule has 0 aromatic heterocycles. The average Bonchev–Trinajstić information content (AvgIpc) is 3.02. The molecule has 31 heavy (non-hydrogen) atoms. The van der Waals surface area contributed by atoms with Gasteiger partial charge in [-0.25, -0.2) is 0 Å². The molecule has 1 heterocycles. The molecular formula is C27H29NO3. The van der Waals surface area contributed by atoms with E-state index in [2.05, 4.69) is 0 Å². The van der Waals surface area contributed by atoms with Crippen LogP contribution in [0.3, 0.4) is 0 Å². The van der Waals surface area contributed by atoms with Gasteiger partial charge in [0.15, 0.2) is 0 Å². The standard InChI is InChI=1S/C27H29NO3/c29-25-22-8-4-5-9-23(22)26(30)28(25)24(21-6-2-1-3-7-21)16-31-17-27-13-18-10-19(14-27)12-20(11-18)15-27/h1-9,18-20,24H,10-17H2/t18?,19?,20?,24-,27?/m1/s1. The number of imide groups is 1. The fourth-order valence-corrected chi connectivity index (χ4v) is 7.34. The maximum Gasteiger partial charge on any atom is 0.262 e. The Morgan fingerprint density at radius 1 is 0.806 bits per heavy atom. The van der Waals surface area contributed by atoms with Crippen LogP contribution in [-0.4, -0.2) is 29.9 Å². The van der Waals surface area contributed by atoms with Gasteiger partial charge in [-0.2, -0.15) is 0 Å². The minimum atomic E-state index is -0.400. The van der Waals surface area contributed by atoms with Gasteiger partial charge >= 0.3 is 0 Å². The Kier molecular flexibility index (Phi) is 4.53. The van der Waals surface area contributed by atoms with E-state index in [9.17, 15) is 9.59 Å². The molecule has 0 spiro atoms. The maximum atomic E-state index is 13.2. The van der Waals surface area contributed by atoms with Crippen LogP contribution in [0.2, 0.25) is 0 Å². The third-order valence-corrected chi connectivity index (χ3v) is 8.17. The summed E-state index contributed by atoms with van der Waals surface area (Å²) in [6.07, 6.45) is 8.13. The van der Waals surface area contributed by atoms with Gasteiger partial charge in [0.05, 0.1) is 30.4 Å². The van der Waals surface area contributed by atoms with Gasteiger partial charge in [0, 0.05) is 0 Å². The van der Waals surface area contributed by atoms with Gasteiger partial charge in [-0.1, -0.05) is 42.5 Å². The molecule has 0 N–H and O–H groups in total. The molecule has 1 aliphatic heterocycles. The first kappa shape index (κ1) is 19.2. The molecule has 4 bridgehead atoms. The van der Waals surface area contributed by atoms with E-state index >= 15 is 0 Å². The van der Waals surface area contributed by atoms with Crippen LogP contribution in [0.5, 0.6) is 0 Å². The predicted molar refractivity (Wildman–Crippen MR) is 118 cm³/mol. The summed E-state index contributed by atoms with van der Waals surface area (Å²) in [5.74, 6) is 2.23. The highest BCUT2D eigenvalue weighted by Crippen LogP contribution is 2.60. The SMILES string of the molecule is O=C1c2ccccc2C(=O)N1[C@H](COCC12CC3CC(CC(C3)C1)C2)c1ccccc1. The van der Waals surface area contributed by atoms with Gasteiger partial charge in [-0.15, -0.1) is 0 Å². The van der Waals surface area contributed by atoms with E-state index < -0.39 is 6.04 Å². The number of fused-ring (bicyclic) bond motifs is 1. The molecule has 4 saturated carbocycles. The van der Waals surface area contributed by atoms with Gasteiger partial charge in [-0.3, -0.25) is 14.5 Å². The largest absolute Gasteiger partial charge is 0.378 e. The number of nitrogens with zero attached hydrogens (tertiary/aromatic N) is 1. The van der Waals surface area contributed by atoms with Crippen molar-refractivity contribution in [3.63, 3.8) is 0 Å². The fourth-order valence-electron chi connectivity index (χ4n) is 7.34. The van der Waals surface area contributed by atoms with Crippen LogP contribution in [0.4, 0.5) is 0 Å². The lowest BCUT2D eigenvalue weighted by Crippen LogP contribution is -2.48. The molecule has 2 aromatic carbocycles. The summed E-state index contributed by atoms with van der Waals surface area (Å²) < 4.78 is 6.40. The fraction of sp³-hybridized carbons (Fsp3) is 0.481. The maximum absolute atomic E-state index is 13.2. The normalized spacial score (nSPS) is 31.9. The summed E-state index contributed by atoms with van der Waals surface area (Å²) >= 11 is 0. The third kappa shape index (κ3) is 3.23. The molecular weight excluding hydrogens is 386 g/mol. The topological polar surface area (TPSA) is 46.6 Å². The van der Waals surface area contributed by atoms with Crippen molar-refractivity contribution in [1.82, 2.24) is 4.90 Å². The third-order valence-electron chi connectivity index (χ3n) is 8.17. The highest BCUT2D eigenvalue weighted by Gasteiger charge is 2.51. The number of rotatable bonds is 6. The molecule has 4 fully saturated rings. The highest BCUT2D eigenvalue weighted by atomic mass is 16.5.